The maximum Gasteiger partial charge on any atom is 0.184 e. The topological polar surface area (TPSA) is 34.1 Å². The summed E-state index contributed by atoms with van der Waals surface area (Å²) in [6.07, 6.45) is 1.78. The van der Waals surface area contributed by atoms with Gasteiger partial charge in [0.1, 0.15) is 0 Å². The molecule has 0 aliphatic carbocycles. The lowest BCUT2D eigenvalue weighted by Gasteiger charge is -2.22. The number of sulfone groups is 1. The molecule has 0 amide bonds. The van der Waals surface area contributed by atoms with E-state index < -0.39 is 9.84 Å². The van der Waals surface area contributed by atoms with E-state index in [1.807, 2.05) is 30.3 Å². The first kappa shape index (κ1) is 8.51. The summed E-state index contributed by atoms with van der Waals surface area (Å²) in [5.74, 6) is 0. The Labute approximate surface area is 77.8 Å². The van der Waals surface area contributed by atoms with Gasteiger partial charge in [-0.2, -0.15) is 0 Å². The Morgan fingerprint density at radius 1 is 1.15 bits per heavy atom. The number of benzene rings is 1. The molecule has 0 fully saturated rings. The molecule has 2 rings (SSSR count). The lowest BCUT2D eigenvalue weighted by Crippen LogP contribution is -2.26. The van der Waals surface area contributed by atoms with E-state index in [1.54, 1.807) is 13.0 Å². The van der Waals surface area contributed by atoms with E-state index in [9.17, 15) is 8.42 Å². The largest absolute Gasteiger partial charge is 0.223 e. The number of hydrogen-bond acceptors (Lipinski definition) is 2. The summed E-state index contributed by atoms with van der Waals surface area (Å²) < 4.78 is 23.0. The Bertz CT molecular complexity index is 443. The van der Waals surface area contributed by atoms with Crippen molar-refractivity contribution in [2.24, 2.45) is 0 Å². The SMILES string of the molecule is CC1C=C(c2ccccc2)S1(=O)=O. The third kappa shape index (κ3) is 1.20. The Morgan fingerprint density at radius 3 is 2.23 bits per heavy atom. The second-order valence-corrected chi connectivity index (χ2v) is 5.42. The van der Waals surface area contributed by atoms with Gasteiger partial charge in [0.2, 0.25) is 0 Å². The number of rotatable bonds is 1. The third-order valence-electron chi connectivity index (χ3n) is 2.24. The van der Waals surface area contributed by atoms with Gasteiger partial charge in [-0.25, -0.2) is 8.42 Å². The Balaban J connectivity index is 2.48. The van der Waals surface area contributed by atoms with Crippen LogP contribution in [-0.4, -0.2) is 13.7 Å². The molecule has 0 aromatic heterocycles. The van der Waals surface area contributed by atoms with Gasteiger partial charge >= 0.3 is 0 Å². The summed E-state index contributed by atoms with van der Waals surface area (Å²) in [6.45, 7) is 1.70. The van der Waals surface area contributed by atoms with Crippen LogP contribution < -0.4 is 0 Å². The average molecular weight is 194 g/mol. The van der Waals surface area contributed by atoms with Crippen molar-refractivity contribution in [2.75, 3.05) is 0 Å². The van der Waals surface area contributed by atoms with Gasteiger partial charge in [0, 0.05) is 0 Å². The molecule has 1 aromatic carbocycles. The minimum Gasteiger partial charge on any atom is -0.223 e. The van der Waals surface area contributed by atoms with Crippen molar-refractivity contribution in [1.82, 2.24) is 0 Å². The lowest BCUT2D eigenvalue weighted by molar-refractivity contribution is 0.597. The second kappa shape index (κ2) is 2.70. The van der Waals surface area contributed by atoms with E-state index in [0.717, 1.165) is 5.56 Å². The zero-order valence-electron chi connectivity index (χ0n) is 7.27. The van der Waals surface area contributed by atoms with Crippen molar-refractivity contribution in [3.63, 3.8) is 0 Å². The molecule has 68 valence electrons. The van der Waals surface area contributed by atoms with Crippen LogP contribution in [0.5, 0.6) is 0 Å². The molecule has 3 heteroatoms. The van der Waals surface area contributed by atoms with Crippen molar-refractivity contribution in [2.45, 2.75) is 12.2 Å². The van der Waals surface area contributed by atoms with Crippen LogP contribution in [0.1, 0.15) is 12.5 Å². The van der Waals surface area contributed by atoms with Crippen molar-refractivity contribution >= 4 is 14.7 Å². The predicted octanol–water partition coefficient (Wildman–Crippen LogP) is 1.84. The quantitative estimate of drug-likeness (QED) is 0.683. The second-order valence-electron chi connectivity index (χ2n) is 3.15. The van der Waals surface area contributed by atoms with Crippen molar-refractivity contribution in [1.29, 1.82) is 0 Å². The van der Waals surface area contributed by atoms with E-state index >= 15 is 0 Å². The van der Waals surface area contributed by atoms with E-state index in [0.29, 0.717) is 4.91 Å². The highest BCUT2D eigenvalue weighted by Gasteiger charge is 2.34. The zero-order valence-corrected chi connectivity index (χ0v) is 8.08. The van der Waals surface area contributed by atoms with Crippen molar-refractivity contribution in [3.05, 3.63) is 42.0 Å². The maximum absolute atomic E-state index is 11.5. The van der Waals surface area contributed by atoms with Crippen molar-refractivity contribution < 1.29 is 8.42 Å². The monoisotopic (exact) mass is 194 g/mol. The first-order chi connectivity index (χ1) is 6.12. The van der Waals surface area contributed by atoms with Gasteiger partial charge in [0.25, 0.3) is 0 Å². The lowest BCUT2D eigenvalue weighted by atomic mass is 10.2. The highest BCUT2D eigenvalue weighted by atomic mass is 32.2. The molecule has 13 heavy (non-hydrogen) atoms. The fourth-order valence-corrected chi connectivity index (χ4v) is 2.74. The van der Waals surface area contributed by atoms with Gasteiger partial charge in [0.05, 0.1) is 10.2 Å². The summed E-state index contributed by atoms with van der Waals surface area (Å²) in [5.41, 5.74) is 0.792. The zero-order chi connectivity index (χ0) is 9.47. The minimum absolute atomic E-state index is 0.317. The van der Waals surface area contributed by atoms with Crippen LogP contribution in [0.4, 0.5) is 0 Å². The molecule has 1 aromatic rings. The first-order valence-corrected chi connectivity index (χ1v) is 5.68. The first-order valence-electron chi connectivity index (χ1n) is 4.13. The Morgan fingerprint density at radius 2 is 1.77 bits per heavy atom. The summed E-state index contributed by atoms with van der Waals surface area (Å²) >= 11 is 0. The van der Waals surface area contributed by atoms with Gasteiger partial charge in [-0.05, 0) is 18.6 Å². The summed E-state index contributed by atoms with van der Waals surface area (Å²) in [6, 6.07) is 9.19. The van der Waals surface area contributed by atoms with Crippen LogP contribution >= 0.6 is 0 Å². The van der Waals surface area contributed by atoms with Gasteiger partial charge in [-0.15, -0.1) is 0 Å². The van der Waals surface area contributed by atoms with Crippen molar-refractivity contribution in [3.8, 4) is 0 Å². The molecule has 1 unspecified atom stereocenters. The Hall–Kier alpha value is -1.09. The van der Waals surface area contributed by atoms with E-state index in [1.165, 1.54) is 0 Å². The molecule has 1 aliphatic rings. The highest BCUT2D eigenvalue weighted by molar-refractivity contribution is 8.02. The molecule has 1 aliphatic heterocycles. The van der Waals surface area contributed by atoms with Crippen LogP contribution in [-0.2, 0) is 9.84 Å². The molecule has 0 spiro atoms. The van der Waals surface area contributed by atoms with E-state index in [2.05, 4.69) is 0 Å². The normalized spacial score (nSPS) is 24.7. The molecular weight excluding hydrogens is 184 g/mol. The van der Waals surface area contributed by atoms with E-state index in [4.69, 9.17) is 0 Å². The highest BCUT2D eigenvalue weighted by Crippen LogP contribution is 2.34. The Kier molecular flexibility index (Phi) is 1.77. The molecule has 2 nitrogen and oxygen atoms in total. The van der Waals surface area contributed by atoms with Gasteiger partial charge in [-0.1, -0.05) is 30.3 Å². The molecule has 0 saturated heterocycles. The standard InChI is InChI=1S/C10H10O2S/c1-8-7-10(13(8,11)12)9-5-3-2-4-6-9/h2-8H,1H3. The van der Waals surface area contributed by atoms with Crippen LogP contribution in [0, 0.1) is 0 Å². The van der Waals surface area contributed by atoms with Crippen LogP contribution in [0.25, 0.3) is 4.91 Å². The molecule has 0 N–H and O–H groups in total. The maximum atomic E-state index is 11.5. The van der Waals surface area contributed by atoms with Gasteiger partial charge in [0.15, 0.2) is 9.84 Å². The van der Waals surface area contributed by atoms with Crippen LogP contribution in [0.2, 0.25) is 0 Å². The number of hydrogen-bond donors (Lipinski definition) is 0. The molecule has 1 atom stereocenters. The average Bonchev–Trinajstić information content (AvgIpc) is 2.15. The molecule has 0 bridgehead atoms. The van der Waals surface area contributed by atoms with Crippen LogP contribution in [0.15, 0.2) is 36.4 Å². The fraction of sp³-hybridized carbons (Fsp3) is 0.200. The van der Waals surface area contributed by atoms with Gasteiger partial charge < -0.3 is 0 Å². The molecule has 1 heterocycles. The smallest absolute Gasteiger partial charge is 0.184 e. The molecule has 0 saturated carbocycles. The molecule has 0 radical (unpaired) electrons. The summed E-state index contributed by atoms with van der Waals surface area (Å²) in [4.78, 5) is 0.473. The van der Waals surface area contributed by atoms with E-state index in [-0.39, 0.29) is 5.25 Å². The summed E-state index contributed by atoms with van der Waals surface area (Å²) in [7, 11) is -2.99. The summed E-state index contributed by atoms with van der Waals surface area (Å²) in [5, 5.41) is -0.317. The fourth-order valence-electron chi connectivity index (χ4n) is 1.39. The minimum atomic E-state index is -2.99. The third-order valence-corrected chi connectivity index (χ3v) is 4.34. The van der Waals surface area contributed by atoms with Crippen LogP contribution in [0.3, 0.4) is 0 Å². The molecular formula is C10H10O2S. The predicted molar refractivity (Wildman–Crippen MR) is 52.8 cm³/mol. The van der Waals surface area contributed by atoms with Gasteiger partial charge in [-0.3, -0.25) is 0 Å².